The number of furan rings is 2. The molecule has 0 spiro atoms. The maximum atomic E-state index is 6.61. The summed E-state index contributed by atoms with van der Waals surface area (Å²) in [6.45, 7) is 0. The first-order valence-electron chi connectivity index (χ1n) is 19.3. The van der Waals surface area contributed by atoms with Gasteiger partial charge >= 0.3 is 0 Å². The van der Waals surface area contributed by atoms with Gasteiger partial charge in [-0.3, -0.25) is 4.98 Å². The Morgan fingerprint density at radius 2 is 0.862 bits per heavy atom. The Hall–Kier alpha value is -7.96. The molecule has 0 unspecified atom stereocenters. The summed E-state index contributed by atoms with van der Waals surface area (Å²) in [5.41, 5.74) is 10.6. The van der Waals surface area contributed by atoms with E-state index in [0.717, 1.165) is 104 Å². The second-order valence-corrected chi connectivity index (χ2v) is 14.6. The summed E-state index contributed by atoms with van der Waals surface area (Å²) >= 11 is 0. The molecule has 6 heteroatoms. The molecule has 12 rings (SSSR count). The van der Waals surface area contributed by atoms with Crippen LogP contribution in [0.1, 0.15) is 0 Å². The molecule has 6 nitrogen and oxygen atoms in total. The predicted octanol–water partition coefficient (Wildman–Crippen LogP) is 13.7. The fraction of sp³-hybridized carbons (Fsp3) is 0. The molecule has 12 aromatic rings. The van der Waals surface area contributed by atoms with Crippen molar-refractivity contribution in [3.05, 3.63) is 182 Å². The highest BCUT2D eigenvalue weighted by molar-refractivity contribution is 6.12. The summed E-state index contributed by atoms with van der Waals surface area (Å²) in [4.78, 5) is 20.7. The van der Waals surface area contributed by atoms with Crippen molar-refractivity contribution < 1.29 is 8.83 Å². The van der Waals surface area contributed by atoms with Gasteiger partial charge in [-0.15, -0.1) is 0 Å². The fourth-order valence-electron chi connectivity index (χ4n) is 8.46. The SMILES string of the molecule is c1ccc(-c2nc(-c3cc(-c4cccc5c4oc4ccccc45)cc(-c4cccc5c4oc4ccccc45)c3)nc(-c3c4ccccc4cc4cccnc34)n2)cc1. The Bertz CT molecular complexity index is 3400. The Balaban J connectivity index is 1.17. The zero-order valence-corrected chi connectivity index (χ0v) is 30.9. The van der Waals surface area contributed by atoms with E-state index in [9.17, 15) is 0 Å². The van der Waals surface area contributed by atoms with Crippen LogP contribution in [-0.2, 0) is 0 Å². The van der Waals surface area contributed by atoms with E-state index in [1.54, 1.807) is 0 Å². The molecular formula is C52H30N4O2. The second kappa shape index (κ2) is 12.8. The standard InChI is InChI=1S/C52H30N4O2/c1-2-13-31(14-3-1)50-54-51(56-52(55-50)46-37-17-5-4-15-32(37)27-33-16-12-26-53-47(33)46)36-29-34(38-20-10-22-42-40-18-6-8-24-44(40)57-48(38)42)28-35(30-36)39-21-11-23-43-41-19-7-9-25-45(41)58-49(39)43/h1-30H. The molecule has 8 aromatic carbocycles. The molecule has 0 aliphatic heterocycles. The molecular weight excluding hydrogens is 713 g/mol. The first-order valence-corrected chi connectivity index (χ1v) is 19.3. The molecule has 270 valence electrons. The van der Waals surface area contributed by atoms with E-state index in [2.05, 4.69) is 97.1 Å². The van der Waals surface area contributed by atoms with E-state index in [0.29, 0.717) is 17.5 Å². The highest BCUT2D eigenvalue weighted by Gasteiger charge is 2.21. The van der Waals surface area contributed by atoms with Gasteiger partial charge in [0, 0.05) is 55.4 Å². The molecule has 4 aromatic heterocycles. The number of para-hydroxylation sites is 4. The third kappa shape index (κ3) is 5.12. The van der Waals surface area contributed by atoms with Crippen LogP contribution in [-0.4, -0.2) is 19.9 Å². The molecule has 0 aliphatic rings. The summed E-state index contributed by atoms with van der Waals surface area (Å²) < 4.78 is 13.2. The first-order chi connectivity index (χ1) is 28.7. The van der Waals surface area contributed by atoms with Gasteiger partial charge in [0.05, 0.1) is 11.1 Å². The van der Waals surface area contributed by atoms with Gasteiger partial charge in [0.1, 0.15) is 22.3 Å². The number of hydrogen-bond acceptors (Lipinski definition) is 6. The molecule has 0 amide bonds. The van der Waals surface area contributed by atoms with E-state index in [1.165, 1.54) is 0 Å². The van der Waals surface area contributed by atoms with Gasteiger partial charge in [0.25, 0.3) is 0 Å². The largest absolute Gasteiger partial charge is 0.455 e. The zero-order chi connectivity index (χ0) is 38.2. The van der Waals surface area contributed by atoms with E-state index in [1.807, 2.05) is 85.1 Å². The smallest absolute Gasteiger partial charge is 0.166 e. The molecule has 0 atom stereocenters. The molecule has 0 N–H and O–H groups in total. The van der Waals surface area contributed by atoms with Crippen LogP contribution in [0.4, 0.5) is 0 Å². The number of hydrogen-bond donors (Lipinski definition) is 0. The van der Waals surface area contributed by atoms with Crippen LogP contribution in [0.5, 0.6) is 0 Å². The van der Waals surface area contributed by atoms with Crippen LogP contribution in [0.3, 0.4) is 0 Å². The highest BCUT2D eigenvalue weighted by Crippen LogP contribution is 2.42. The normalized spacial score (nSPS) is 11.8. The van der Waals surface area contributed by atoms with Gasteiger partial charge in [-0.2, -0.15) is 0 Å². The van der Waals surface area contributed by atoms with Crippen molar-refractivity contribution >= 4 is 65.6 Å². The van der Waals surface area contributed by atoms with Gasteiger partial charge in [-0.1, -0.05) is 133 Å². The lowest BCUT2D eigenvalue weighted by Gasteiger charge is -2.14. The van der Waals surface area contributed by atoms with E-state index >= 15 is 0 Å². The van der Waals surface area contributed by atoms with Gasteiger partial charge in [-0.05, 0) is 64.4 Å². The Kier molecular flexibility index (Phi) is 7.13. The number of rotatable bonds is 5. The van der Waals surface area contributed by atoms with Crippen molar-refractivity contribution in [3.8, 4) is 56.4 Å². The van der Waals surface area contributed by atoms with Gasteiger partial charge in [-0.25, -0.2) is 15.0 Å². The van der Waals surface area contributed by atoms with Crippen molar-refractivity contribution in [3.63, 3.8) is 0 Å². The minimum Gasteiger partial charge on any atom is -0.455 e. The van der Waals surface area contributed by atoms with Crippen molar-refractivity contribution in [1.29, 1.82) is 0 Å². The average Bonchev–Trinajstić information content (AvgIpc) is 3.87. The summed E-state index contributed by atoms with van der Waals surface area (Å²) in [7, 11) is 0. The van der Waals surface area contributed by atoms with Crippen LogP contribution in [0.15, 0.2) is 191 Å². The molecule has 0 aliphatic carbocycles. The maximum Gasteiger partial charge on any atom is 0.166 e. The van der Waals surface area contributed by atoms with Gasteiger partial charge in [0.15, 0.2) is 17.5 Å². The Morgan fingerprint density at radius 3 is 1.53 bits per heavy atom. The summed E-state index contributed by atoms with van der Waals surface area (Å²) in [5, 5.41) is 7.39. The van der Waals surface area contributed by atoms with Crippen LogP contribution in [0.2, 0.25) is 0 Å². The second-order valence-electron chi connectivity index (χ2n) is 14.6. The van der Waals surface area contributed by atoms with Crippen LogP contribution in [0.25, 0.3) is 122 Å². The van der Waals surface area contributed by atoms with Crippen LogP contribution < -0.4 is 0 Å². The van der Waals surface area contributed by atoms with E-state index in [-0.39, 0.29) is 0 Å². The monoisotopic (exact) mass is 742 g/mol. The molecule has 0 bridgehead atoms. The van der Waals surface area contributed by atoms with Gasteiger partial charge in [0.2, 0.25) is 0 Å². The molecule has 58 heavy (non-hydrogen) atoms. The molecule has 0 radical (unpaired) electrons. The summed E-state index contributed by atoms with van der Waals surface area (Å²) in [6.07, 6.45) is 1.83. The van der Waals surface area contributed by atoms with Crippen LogP contribution in [0, 0.1) is 0 Å². The average molecular weight is 743 g/mol. The molecule has 0 saturated carbocycles. The minimum atomic E-state index is 0.539. The molecule has 0 fully saturated rings. The number of pyridine rings is 1. The molecule has 4 heterocycles. The summed E-state index contributed by atoms with van der Waals surface area (Å²) in [6, 6.07) is 60.3. The maximum absolute atomic E-state index is 6.61. The Morgan fingerprint density at radius 1 is 0.345 bits per heavy atom. The lowest BCUT2D eigenvalue weighted by atomic mass is 9.94. The van der Waals surface area contributed by atoms with E-state index < -0.39 is 0 Å². The van der Waals surface area contributed by atoms with Crippen molar-refractivity contribution in [2.24, 2.45) is 0 Å². The highest BCUT2D eigenvalue weighted by atomic mass is 16.3. The number of fused-ring (bicyclic) bond motifs is 8. The lowest BCUT2D eigenvalue weighted by Crippen LogP contribution is -2.02. The number of aromatic nitrogens is 4. The van der Waals surface area contributed by atoms with Crippen LogP contribution >= 0.6 is 0 Å². The number of nitrogens with zero attached hydrogens (tertiary/aromatic N) is 4. The zero-order valence-electron chi connectivity index (χ0n) is 30.9. The topological polar surface area (TPSA) is 77.8 Å². The first kappa shape index (κ1) is 32.3. The van der Waals surface area contributed by atoms with Crippen molar-refractivity contribution in [2.45, 2.75) is 0 Å². The van der Waals surface area contributed by atoms with E-state index in [4.69, 9.17) is 28.8 Å². The minimum absolute atomic E-state index is 0.539. The molecule has 0 saturated heterocycles. The third-order valence-electron chi connectivity index (χ3n) is 11.1. The Labute approximate surface area is 331 Å². The predicted molar refractivity (Wildman–Crippen MR) is 234 cm³/mol. The third-order valence-corrected chi connectivity index (χ3v) is 11.1. The van der Waals surface area contributed by atoms with Crippen molar-refractivity contribution in [2.75, 3.05) is 0 Å². The summed E-state index contributed by atoms with van der Waals surface area (Å²) in [5.74, 6) is 1.66. The fourth-order valence-corrected chi connectivity index (χ4v) is 8.46. The number of benzene rings is 8. The quantitative estimate of drug-likeness (QED) is 0.163. The van der Waals surface area contributed by atoms with Crippen molar-refractivity contribution in [1.82, 2.24) is 19.9 Å². The lowest BCUT2D eigenvalue weighted by molar-refractivity contribution is 0.670. The van der Waals surface area contributed by atoms with Gasteiger partial charge < -0.3 is 8.83 Å².